The van der Waals surface area contributed by atoms with Crippen molar-refractivity contribution in [3.63, 3.8) is 0 Å². The van der Waals surface area contributed by atoms with Gasteiger partial charge in [-0.3, -0.25) is 14.9 Å². The highest BCUT2D eigenvalue weighted by molar-refractivity contribution is 7.89. The summed E-state index contributed by atoms with van der Waals surface area (Å²) in [5, 5.41) is 13.6. The van der Waals surface area contributed by atoms with Crippen LogP contribution in [0.2, 0.25) is 0 Å². The third-order valence-corrected chi connectivity index (χ3v) is 7.07. The van der Waals surface area contributed by atoms with Crippen LogP contribution in [0, 0.1) is 15.9 Å². The molecule has 164 valence electrons. The van der Waals surface area contributed by atoms with Gasteiger partial charge in [-0.1, -0.05) is 12.1 Å². The van der Waals surface area contributed by atoms with E-state index in [9.17, 15) is 27.7 Å². The molecule has 1 aliphatic heterocycles. The highest BCUT2D eigenvalue weighted by Crippen LogP contribution is 2.27. The van der Waals surface area contributed by atoms with Crippen LogP contribution in [-0.4, -0.2) is 30.1 Å². The first-order valence-electron chi connectivity index (χ1n) is 9.67. The number of nitro benzene ring substituents is 1. The summed E-state index contributed by atoms with van der Waals surface area (Å²) in [6, 6.07) is 15.3. The van der Waals surface area contributed by atoms with Crippen molar-refractivity contribution in [1.82, 2.24) is 4.31 Å². The number of rotatable bonds is 5. The summed E-state index contributed by atoms with van der Waals surface area (Å²) < 4.78 is 40.3. The van der Waals surface area contributed by atoms with Gasteiger partial charge in [0.25, 0.3) is 11.6 Å². The number of amides is 1. The first-order chi connectivity index (χ1) is 15.2. The Morgan fingerprint density at radius 2 is 1.78 bits per heavy atom. The Hall–Kier alpha value is -3.63. The Labute approximate surface area is 183 Å². The van der Waals surface area contributed by atoms with E-state index in [1.807, 2.05) is 6.07 Å². The molecule has 0 unspecified atom stereocenters. The molecule has 1 heterocycles. The number of hydrogen-bond acceptors (Lipinski definition) is 5. The molecule has 0 aliphatic carbocycles. The van der Waals surface area contributed by atoms with Crippen LogP contribution in [0.1, 0.15) is 21.5 Å². The Kier molecular flexibility index (Phi) is 5.72. The van der Waals surface area contributed by atoms with Crippen molar-refractivity contribution >= 4 is 27.3 Å². The molecule has 0 radical (unpaired) electrons. The average Bonchev–Trinajstić information content (AvgIpc) is 2.79. The number of nitrogens with one attached hydrogen (secondary N) is 1. The molecule has 0 fully saturated rings. The molecule has 0 saturated heterocycles. The summed E-state index contributed by atoms with van der Waals surface area (Å²) in [7, 11) is -3.80. The van der Waals surface area contributed by atoms with Crippen LogP contribution in [0.15, 0.2) is 71.6 Å². The van der Waals surface area contributed by atoms with Gasteiger partial charge in [-0.05, 0) is 60.0 Å². The Morgan fingerprint density at radius 1 is 1.03 bits per heavy atom. The van der Waals surface area contributed by atoms with Crippen LogP contribution >= 0.6 is 0 Å². The molecule has 8 nitrogen and oxygen atoms in total. The van der Waals surface area contributed by atoms with E-state index in [1.165, 1.54) is 40.7 Å². The van der Waals surface area contributed by atoms with Crippen LogP contribution in [0.5, 0.6) is 0 Å². The lowest BCUT2D eigenvalue weighted by Gasteiger charge is -2.28. The van der Waals surface area contributed by atoms with Gasteiger partial charge in [0.15, 0.2) is 0 Å². The van der Waals surface area contributed by atoms with Crippen molar-refractivity contribution in [1.29, 1.82) is 0 Å². The fourth-order valence-electron chi connectivity index (χ4n) is 3.53. The lowest BCUT2D eigenvalue weighted by molar-refractivity contribution is -0.384. The average molecular weight is 455 g/mol. The third kappa shape index (κ3) is 4.36. The number of hydrogen-bond donors (Lipinski definition) is 1. The first kappa shape index (κ1) is 21.6. The molecule has 0 saturated carbocycles. The van der Waals surface area contributed by atoms with Gasteiger partial charge in [-0.15, -0.1) is 0 Å². The SMILES string of the molecule is O=C(Nc1ccc2c(c1)CN(S(=O)(=O)c1ccc(F)cc1)CC2)c1cccc([N+](=O)[O-])c1. The van der Waals surface area contributed by atoms with Gasteiger partial charge in [0.1, 0.15) is 5.82 Å². The largest absolute Gasteiger partial charge is 0.322 e. The van der Waals surface area contributed by atoms with Crippen LogP contribution in [0.3, 0.4) is 0 Å². The van der Waals surface area contributed by atoms with E-state index in [4.69, 9.17) is 0 Å². The van der Waals surface area contributed by atoms with Gasteiger partial charge in [-0.25, -0.2) is 12.8 Å². The summed E-state index contributed by atoms with van der Waals surface area (Å²) in [5.74, 6) is -1.03. The van der Waals surface area contributed by atoms with Gasteiger partial charge in [0.05, 0.1) is 9.82 Å². The van der Waals surface area contributed by atoms with Gasteiger partial charge in [-0.2, -0.15) is 4.31 Å². The Bertz CT molecular complexity index is 1310. The standard InChI is InChI=1S/C22H18FN3O5S/c23-18-5-8-21(9-6-18)32(30,31)25-11-10-15-4-7-19(12-17(15)14-25)24-22(27)16-2-1-3-20(13-16)26(28)29/h1-9,12-13H,10-11,14H2,(H,24,27). The molecule has 0 bridgehead atoms. The first-order valence-corrected chi connectivity index (χ1v) is 11.1. The van der Waals surface area contributed by atoms with Gasteiger partial charge >= 0.3 is 0 Å². The van der Waals surface area contributed by atoms with Crippen molar-refractivity contribution < 1.29 is 22.5 Å². The number of nitrogens with zero attached hydrogens (tertiary/aromatic N) is 2. The minimum atomic E-state index is -3.80. The highest BCUT2D eigenvalue weighted by Gasteiger charge is 2.28. The number of fused-ring (bicyclic) bond motifs is 1. The minimum absolute atomic E-state index is 0.0116. The smallest absolute Gasteiger partial charge is 0.270 e. The predicted molar refractivity (Wildman–Crippen MR) is 115 cm³/mol. The monoisotopic (exact) mass is 455 g/mol. The number of sulfonamides is 1. The second-order valence-corrected chi connectivity index (χ2v) is 9.23. The minimum Gasteiger partial charge on any atom is -0.322 e. The highest BCUT2D eigenvalue weighted by atomic mass is 32.2. The van der Waals surface area contributed by atoms with E-state index in [-0.39, 0.29) is 29.2 Å². The molecule has 3 aromatic carbocycles. The molecular formula is C22H18FN3O5S. The van der Waals surface area contributed by atoms with Crippen LogP contribution in [0.25, 0.3) is 0 Å². The predicted octanol–water partition coefficient (Wildman–Crippen LogP) is 3.73. The van der Waals surface area contributed by atoms with E-state index in [1.54, 1.807) is 12.1 Å². The summed E-state index contributed by atoms with van der Waals surface area (Å²) in [4.78, 5) is 22.9. The fourth-order valence-corrected chi connectivity index (χ4v) is 4.95. The summed E-state index contributed by atoms with van der Waals surface area (Å²) in [6.45, 7) is 0.391. The van der Waals surface area contributed by atoms with Crippen LogP contribution in [0.4, 0.5) is 15.8 Å². The zero-order valence-electron chi connectivity index (χ0n) is 16.7. The lowest BCUT2D eigenvalue weighted by Crippen LogP contribution is -2.36. The molecule has 10 heteroatoms. The number of anilines is 1. The van der Waals surface area contributed by atoms with E-state index >= 15 is 0 Å². The zero-order valence-corrected chi connectivity index (χ0v) is 17.5. The number of carbonyl (C=O) groups excluding carboxylic acids is 1. The summed E-state index contributed by atoms with van der Waals surface area (Å²) >= 11 is 0. The Balaban J connectivity index is 1.54. The zero-order chi connectivity index (χ0) is 22.9. The quantitative estimate of drug-likeness (QED) is 0.466. The molecule has 1 N–H and O–H groups in total. The van der Waals surface area contributed by atoms with Gasteiger partial charge in [0, 0.05) is 36.5 Å². The number of non-ortho nitro benzene ring substituents is 1. The van der Waals surface area contributed by atoms with E-state index in [0.717, 1.165) is 23.3 Å². The van der Waals surface area contributed by atoms with Crippen LogP contribution < -0.4 is 5.32 Å². The van der Waals surface area contributed by atoms with Crippen molar-refractivity contribution in [2.24, 2.45) is 0 Å². The van der Waals surface area contributed by atoms with E-state index in [2.05, 4.69) is 5.32 Å². The number of halogens is 1. The molecule has 32 heavy (non-hydrogen) atoms. The number of carbonyl (C=O) groups is 1. The Morgan fingerprint density at radius 3 is 2.50 bits per heavy atom. The van der Waals surface area contributed by atoms with Crippen molar-refractivity contribution in [2.45, 2.75) is 17.9 Å². The number of nitro groups is 1. The van der Waals surface area contributed by atoms with Crippen molar-refractivity contribution in [2.75, 3.05) is 11.9 Å². The maximum atomic E-state index is 13.2. The second-order valence-electron chi connectivity index (χ2n) is 7.29. The normalized spacial score (nSPS) is 13.9. The molecule has 0 atom stereocenters. The van der Waals surface area contributed by atoms with Gasteiger partial charge in [0.2, 0.25) is 10.0 Å². The fraction of sp³-hybridized carbons (Fsp3) is 0.136. The summed E-state index contributed by atoms with van der Waals surface area (Å²) in [6.07, 6.45) is 0.495. The molecule has 4 rings (SSSR count). The van der Waals surface area contributed by atoms with Crippen LogP contribution in [-0.2, 0) is 23.0 Å². The molecule has 0 aromatic heterocycles. The molecule has 0 spiro atoms. The number of benzene rings is 3. The van der Waals surface area contributed by atoms with E-state index in [0.29, 0.717) is 12.1 Å². The molecule has 3 aromatic rings. The third-order valence-electron chi connectivity index (χ3n) is 5.21. The molecule has 1 amide bonds. The topological polar surface area (TPSA) is 110 Å². The second kappa shape index (κ2) is 8.48. The lowest BCUT2D eigenvalue weighted by atomic mass is 10.0. The maximum absolute atomic E-state index is 13.2. The summed E-state index contributed by atoms with van der Waals surface area (Å²) in [5.41, 5.74) is 2.09. The van der Waals surface area contributed by atoms with E-state index < -0.39 is 26.7 Å². The molecule has 1 aliphatic rings. The van der Waals surface area contributed by atoms with Gasteiger partial charge < -0.3 is 5.32 Å². The van der Waals surface area contributed by atoms with Crippen molar-refractivity contribution in [3.05, 3.63) is 99.4 Å². The maximum Gasteiger partial charge on any atom is 0.270 e. The van der Waals surface area contributed by atoms with Crippen molar-refractivity contribution in [3.8, 4) is 0 Å². The molecular weight excluding hydrogens is 437 g/mol.